The second kappa shape index (κ2) is 5.10. The highest BCUT2D eigenvalue weighted by atomic mass is 79.9. The van der Waals surface area contributed by atoms with Crippen LogP contribution in [0.5, 0.6) is 0 Å². The fraction of sp³-hybridized carbons (Fsp3) is 0.176. The molecular formula is C17H15BrS. The Morgan fingerprint density at radius 2 is 1.74 bits per heavy atom. The van der Waals surface area contributed by atoms with Crippen LogP contribution in [0.25, 0.3) is 10.8 Å². The van der Waals surface area contributed by atoms with Crippen molar-refractivity contribution in [3.05, 3.63) is 69.4 Å². The first-order valence-corrected chi connectivity index (χ1v) is 8.14. The van der Waals surface area contributed by atoms with Crippen molar-refractivity contribution < 1.29 is 0 Å². The van der Waals surface area contributed by atoms with Crippen LogP contribution in [0.2, 0.25) is 0 Å². The van der Waals surface area contributed by atoms with Crippen LogP contribution in [0.4, 0.5) is 0 Å². The van der Waals surface area contributed by atoms with Crippen LogP contribution in [0.15, 0.2) is 47.8 Å². The van der Waals surface area contributed by atoms with Gasteiger partial charge in [0.15, 0.2) is 0 Å². The van der Waals surface area contributed by atoms with Crippen LogP contribution >= 0.6 is 27.3 Å². The summed E-state index contributed by atoms with van der Waals surface area (Å²) in [4.78, 5) is 1.68. The van der Waals surface area contributed by atoms with Gasteiger partial charge < -0.3 is 0 Å². The first-order chi connectivity index (χ1) is 9.18. The van der Waals surface area contributed by atoms with Gasteiger partial charge in [-0.2, -0.15) is 0 Å². The molecule has 0 spiro atoms. The Morgan fingerprint density at radius 1 is 0.947 bits per heavy atom. The molecule has 0 saturated carbocycles. The Kier molecular flexibility index (Phi) is 3.46. The molecule has 0 aliphatic carbocycles. The van der Waals surface area contributed by atoms with Crippen molar-refractivity contribution in [3.63, 3.8) is 0 Å². The van der Waals surface area contributed by atoms with Crippen LogP contribution in [0.1, 0.15) is 26.4 Å². The van der Waals surface area contributed by atoms with E-state index in [2.05, 4.69) is 77.6 Å². The van der Waals surface area contributed by atoms with E-state index in [1.165, 1.54) is 32.3 Å². The lowest BCUT2D eigenvalue weighted by Crippen LogP contribution is -1.96. The van der Waals surface area contributed by atoms with Crippen LogP contribution in [-0.4, -0.2) is 0 Å². The summed E-state index contributed by atoms with van der Waals surface area (Å²) in [5, 5.41) is 4.82. The fourth-order valence-corrected chi connectivity index (χ4v) is 4.72. The number of thiophene rings is 1. The minimum atomic E-state index is 0.276. The van der Waals surface area contributed by atoms with Crippen molar-refractivity contribution >= 4 is 38.0 Å². The molecule has 1 atom stereocenters. The fourth-order valence-electron chi connectivity index (χ4n) is 2.52. The summed E-state index contributed by atoms with van der Waals surface area (Å²) in [6.45, 7) is 4.37. The molecule has 0 N–H and O–H groups in total. The number of alkyl halides is 1. The molecule has 19 heavy (non-hydrogen) atoms. The zero-order valence-electron chi connectivity index (χ0n) is 11.0. The van der Waals surface area contributed by atoms with Crippen molar-refractivity contribution in [1.29, 1.82) is 0 Å². The predicted molar refractivity (Wildman–Crippen MR) is 88.5 cm³/mol. The lowest BCUT2D eigenvalue weighted by Gasteiger charge is -2.16. The van der Waals surface area contributed by atoms with Crippen molar-refractivity contribution in [1.82, 2.24) is 0 Å². The van der Waals surface area contributed by atoms with Crippen LogP contribution in [0, 0.1) is 13.8 Å². The third-order valence-electron chi connectivity index (χ3n) is 3.57. The smallest absolute Gasteiger partial charge is 0.0749 e. The average Bonchev–Trinajstić information content (AvgIpc) is 2.84. The Labute approximate surface area is 126 Å². The van der Waals surface area contributed by atoms with Gasteiger partial charge in [-0.05, 0) is 52.8 Å². The molecule has 2 heteroatoms. The van der Waals surface area contributed by atoms with E-state index in [9.17, 15) is 0 Å². The largest absolute Gasteiger partial charge is 0.147 e. The highest BCUT2D eigenvalue weighted by Gasteiger charge is 2.18. The third kappa shape index (κ3) is 2.24. The van der Waals surface area contributed by atoms with Gasteiger partial charge in [-0.1, -0.05) is 52.3 Å². The molecule has 1 unspecified atom stereocenters. The van der Waals surface area contributed by atoms with E-state index in [-0.39, 0.29) is 4.83 Å². The van der Waals surface area contributed by atoms with Gasteiger partial charge in [0.05, 0.1) is 4.83 Å². The van der Waals surface area contributed by atoms with Gasteiger partial charge in [-0.25, -0.2) is 0 Å². The Morgan fingerprint density at radius 3 is 2.47 bits per heavy atom. The Bertz CT molecular complexity index is 727. The molecule has 2 aromatic carbocycles. The maximum absolute atomic E-state index is 3.91. The standard InChI is InChI=1S/C17H15BrS/c1-11-7-8-13-5-3-4-6-14(13)15(11)16(18)17-12(2)9-10-19-17/h3-10,16H,1-2H3. The quantitative estimate of drug-likeness (QED) is 0.505. The monoisotopic (exact) mass is 330 g/mol. The Balaban J connectivity index is 2.24. The molecule has 0 amide bonds. The molecule has 1 heterocycles. The van der Waals surface area contributed by atoms with Gasteiger partial charge in [0.25, 0.3) is 0 Å². The summed E-state index contributed by atoms with van der Waals surface area (Å²) in [7, 11) is 0. The lowest BCUT2D eigenvalue weighted by molar-refractivity contribution is 1.18. The van der Waals surface area contributed by atoms with Gasteiger partial charge in [-0.3, -0.25) is 0 Å². The third-order valence-corrected chi connectivity index (χ3v) is 5.88. The van der Waals surface area contributed by atoms with E-state index in [0.717, 1.165) is 0 Å². The lowest BCUT2D eigenvalue weighted by atomic mass is 9.96. The minimum Gasteiger partial charge on any atom is -0.147 e. The van der Waals surface area contributed by atoms with Crippen LogP contribution in [-0.2, 0) is 0 Å². The number of fused-ring (bicyclic) bond motifs is 1. The number of hydrogen-bond acceptors (Lipinski definition) is 1. The molecule has 0 aliphatic heterocycles. The highest BCUT2D eigenvalue weighted by molar-refractivity contribution is 9.09. The summed E-state index contributed by atoms with van der Waals surface area (Å²) in [5.74, 6) is 0. The van der Waals surface area contributed by atoms with Crippen LogP contribution in [0.3, 0.4) is 0 Å². The molecule has 0 aliphatic rings. The molecule has 96 valence electrons. The molecule has 1 aromatic heterocycles. The van der Waals surface area contributed by atoms with E-state index in [4.69, 9.17) is 0 Å². The van der Waals surface area contributed by atoms with Crippen molar-refractivity contribution in [2.45, 2.75) is 18.7 Å². The first-order valence-electron chi connectivity index (χ1n) is 6.35. The molecule has 0 saturated heterocycles. The number of halogens is 1. The molecule has 0 bridgehead atoms. The second-order valence-electron chi connectivity index (χ2n) is 4.85. The average molecular weight is 331 g/mol. The second-order valence-corrected chi connectivity index (χ2v) is 6.71. The van der Waals surface area contributed by atoms with Gasteiger partial charge >= 0.3 is 0 Å². The van der Waals surface area contributed by atoms with Crippen molar-refractivity contribution in [2.75, 3.05) is 0 Å². The van der Waals surface area contributed by atoms with Gasteiger partial charge in [-0.15, -0.1) is 11.3 Å². The topological polar surface area (TPSA) is 0 Å². The Hall–Kier alpha value is -1.12. The van der Waals surface area contributed by atoms with Crippen molar-refractivity contribution in [3.8, 4) is 0 Å². The normalized spacial score (nSPS) is 12.8. The summed E-state index contributed by atoms with van der Waals surface area (Å²) >= 11 is 5.73. The molecule has 0 fully saturated rings. The van der Waals surface area contributed by atoms with Gasteiger partial charge in [0.1, 0.15) is 0 Å². The van der Waals surface area contributed by atoms with E-state index >= 15 is 0 Å². The number of aryl methyl sites for hydroxylation is 2. The zero-order chi connectivity index (χ0) is 13.4. The summed E-state index contributed by atoms with van der Waals surface area (Å²) in [6, 6.07) is 15.2. The maximum Gasteiger partial charge on any atom is 0.0749 e. The SMILES string of the molecule is Cc1ccsc1C(Br)c1c(C)ccc2ccccc12. The van der Waals surface area contributed by atoms with E-state index in [1.807, 2.05) is 11.3 Å². The van der Waals surface area contributed by atoms with Crippen LogP contribution < -0.4 is 0 Å². The zero-order valence-corrected chi connectivity index (χ0v) is 13.4. The summed E-state index contributed by atoms with van der Waals surface area (Å²) < 4.78 is 0. The molecule has 0 radical (unpaired) electrons. The van der Waals surface area contributed by atoms with Gasteiger partial charge in [0.2, 0.25) is 0 Å². The van der Waals surface area contributed by atoms with E-state index in [1.54, 1.807) is 0 Å². The number of rotatable bonds is 2. The number of benzene rings is 2. The maximum atomic E-state index is 3.91. The van der Waals surface area contributed by atoms with E-state index in [0.29, 0.717) is 0 Å². The molecule has 3 rings (SSSR count). The summed E-state index contributed by atoms with van der Waals surface area (Å²) in [5.41, 5.74) is 4.09. The van der Waals surface area contributed by atoms with Crippen molar-refractivity contribution in [2.24, 2.45) is 0 Å². The minimum absolute atomic E-state index is 0.276. The predicted octanol–water partition coefficient (Wildman–Crippen LogP) is 6.00. The van der Waals surface area contributed by atoms with E-state index < -0.39 is 0 Å². The first kappa shape index (κ1) is 12.9. The van der Waals surface area contributed by atoms with Gasteiger partial charge in [0, 0.05) is 4.88 Å². The number of hydrogen-bond donors (Lipinski definition) is 0. The highest BCUT2D eigenvalue weighted by Crippen LogP contribution is 2.40. The molecule has 3 aromatic rings. The summed E-state index contributed by atoms with van der Waals surface area (Å²) in [6.07, 6.45) is 0. The molecular weight excluding hydrogens is 316 g/mol. The molecule has 0 nitrogen and oxygen atoms in total.